The summed E-state index contributed by atoms with van der Waals surface area (Å²) in [4.78, 5) is 0. The molecule has 4 heteroatoms. The second kappa shape index (κ2) is 8.26. The summed E-state index contributed by atoms with van der Waals surface area (Å²) in [5, 5.41) is 2.20. The minimum Gasteiger partial charge on any atom is -0.432 e. The number of alkyl halides is 2. The van der Waals surface area contributed by atoms with Gasteiger partial charge in [-0.05, 0) is 58.5 Å². The SMILES string of the molecule is CCCCCc1ccc2cc(-c3ccc(OC(F)F)c(F)c3)ccc2c1. The zero-order chi connectivity index (χ0) is 18.5. The van der Waals surface area contributed by atoms with Crippen LogP contribution in [0.3, 0.4) is 0 Å². The standard InChI is InChI=1S/C22H21F3O/c1-2-3-4-5-15-6-7-17-13-18(9-8-16(17)12-15)19-10-11-21(20(23)14-19)26-22(24)25/h6-14,22H,2-5H2,1H3. The number of fused-ring (bicyclic) bond motifs is 1. The Morgan fingerprint density at radius 2 is 1.54 bits per heavy atom. The lowest BCUT2D eigenvalue weighted by Crippen LogP contribution is -2.03. The molecule has 0 spiro atoms. The Bertz CT molecular complexity index is 890. The highest BCUT2D eigenvalue weighted by Gasteiger charge is 2.11. The van der Waals surface area contributed by atoms with Crippen LogP contribution in [0, 0.1) is 5.82 Å². The van der Waals surface area contributed by atoms with Gasteiger partial charge in [0.05, 0.1) is 0 Å². The van der Waals surface area contributed by atoms with Crippen molar-refractivity contribution in [1.29, 1.82) is 0 Å². The predicted molar refractivity (Wildman–Crippen MR) is 99.2 cm³/mol. The molecule has 0 heterocycles. The maximum atomic E-state index is 14.0. The van der Waals surface area contributed by atoms with E-state index in [-0.39, 0.29) is 0 Å². The molecule has 3 rings (SSSR count). The van der Waals surface area contributed by atoms with Gasteiger partial charge < -0.3 is 4.74 Å². The molecule has 0 atom stereocenters. The van der Waals surface area contributed by atoms with Crippen LogP contribution in [0.1, 0.15) is 31.7 Å². The highest BCUT2D eigenvalue weighted by atomic mass is 19.3. The van der Waals surface area contributed by atoms with Crippen LogP contribution in [0.5, 0.6) is 5.75 Å². The van der Waals surface area contributed by atoms with Gasteiger partial charge >= 0.3 is 6.61 Å². The Balaban J connectivity index is 1.84. The summed E-state index contributed by atoms with van der Waals surface area (Å²) < 4.78 is 42.6. The van der Waals surface area contributed by atoms with Gasteiger partial charge in [-0.15, -0.1) is 0 Å². The summed E-state index contributed by atoms with van der Waals surface area (Å²) in [6.07, 6.45) is 4.69. The Labute approximate surface area is 151 Å². The molecule has 0 aromatic heterocycles. The third-order valence-corrected chi connectivity index (χ3v) is 4.45. The number of halogens is 3. The molecule has 0 aliphatic carbocycles. The molecule has 26 heavy (non-hydrogen) atoms. The van der Waals surface area contributed by atoms with Gasteiger partial charge in [-0.25, -0.2) is 4.39 Å². The first kappa shape index (κ1) is 18.3. The van der Waals surface area contributed by atoms with Crippen molar-refractivity contribution in [2.45, 2.75) is 39.2 Å². The zero-order valence-electron chi connectivity index (χ0n) is 14.6. The molecule has 0 N–H and O–H groups in total. The van der Waals surface area contributed by atoms with E-state index in [4.69, 9.17) is 0 Å². The largest absolute Gasteiger partial charge is 0.432 e. The lowest BCUT2D eigenvalue weighted by atomic mass is 9.98. The van der Waals surface area contributed by atoms with Crippen molar-refractivity contribution in [3.8, 4) is 16.9 Å². The van der Waals surface area contributed by atoms with E-state index in [0.29, 0.717) is 5.56 Å². The Kier molecular flexibility index (Phi) is 5.82. The molecule has 0 aliphatic heterocycles. The summed E-state index contributed by atoms with van der Waals surface area (Å²) in [7, 11) is 0. The third kappa shape index (κ3) is 4.37. The monoisotopic (exact) mass is 358 g/mol. The lowest BCUT2D eigenvalue weighted by Gasteiger charge is -2.09. The van der Waals surface area contributed by atoms with Gasteiger partial charge in [-0.1, -0.05) is 56.2 Å². The molecule has 0 radical (unpaired) electrons. The Morgan fingerprint density at radius 1 is 0.846 bits per heavy atom. The van der Waals surface area contributed by atoms with Crippen LogP contribution in [0.2, 0.25) is 0 Å². The average molecular weight is 358 g/mol. The molecule has 0 aliphatic rings. The first-order chi connectivity index (χ1) is 12.6. The van der Waals surface area contributed by atoms with Crippen molar-refractivity contribution in [1.82, 2.24) is 0 Å². The van der Waals surface area contributed by atoms with E-state index in [1.807, 2.05) is 18.2 Å². The highest BCUT2D eigenvalue weighted by molar-refractivity contribution is 5.88. The Hall–Kier alpha value is -2.49. The van der Waals surface area contributed by atoms with Gasteiger partial charge in [-0.2, -0.15) is 8.78 Å². The van der Waals surface area contributed by atoms with Crippen molar-refractivity contribution < 1.29 is 17.9 Å². The lowest BCUT2D eigenvalue weighted by molar-refractivity contribution is -0.0521. The first-order valence-corrected chi connectivity index (χ1v) is 8.84. The van der Waals surface area contributed by atoms with Crippen LogP contribution < -0.4 is 4.74 Å². The molecule has 0 saturated heterocycles. The van der Waals surface area contributed by atoms with Crippen molar-refractivity contribution in [2.75, 3.05) is 0 Å². The van der Waals surface area contributed by atoms with Crippen LogP contribution in [0.4, 0.5) is 13.2 Å². The zero-order valence-corrected chi connectivity index (χ0v) is 14.6. The molecule has 0 unspecified atom stereocenters. The van der Waals surface area contributed by atoms with Crippen LogP contribution in [-0.4, -0.2) is 6.61 Å². The van der Waals surface area contributed by atoms with Crippen LogP contribution in [-0.2, 0) is 6.42 Å². The Morgan fingerprint density at radius 3 is 2.27 bits per heavy atom. The molecule has 0 fully saturated rings. The van der Waals surface area contributed by atoms with E-state index in [1.54, 1.807) is 6.07 Å². The molecule has 3 aromatic carbocycles. The molecule has 136 valence electrons. The number of benzene rings is 3. The first-order valence-electron chi connectivity index (χ1n) is 8.84. The molecule has 1 nitrogen and oxygen atoms in total. The van der Waals surface area contributed by atoms with E-state index in [2.05, 4.69) is 29.9 Å². The summed E-state index contributed by atoms with van der Waals surface area (Å²) >= 11 is 0. The highest BCUT2D eigenvalue weighted by Crippen LogP contribution is 2.29. The van der Waals surface area contributed by atoms with E-state index < -0.39 is 18.2 Å². The van der Waals surface area contributed by atoms with E-state index in [1.165, 1.54) is 37.0 Å². The number of ether oxygens (including phenoxy) is 1. The summed E-state index contributed by atoms with van der Waals surface area (Å²) in [6, 6.07) is 16.3. The molecule has 3 aromatic rings. The smallest absolute Gasteiger partial charge is 0.387 e. The van der Waals surface area contributed by atoms with Crippen LogP contribution in [0.15, 0.2) is 54.6 Å². The fraction of sp³-hybridized carbons (Fsp3) is 0.273. The van der Waals surface area contributed by atoms with Gasteiger partial charge in [0.25, 0.3) is 0 Å². The second-order valence-corrected chi connectivity index (χ2v) is 6.38. The molecule has 0 saturated carbocycles. The van der Waals surface area contributed by atoms with Gasteiger partial charge in [0.1, 0.15) is 0 Å². The molecule has 0 amide bonds. The average Bonchev–Trinajstić information content (AvgIpc) is 2.63. The van der Waals surface area contributed by atoms with Crippen molar-refractivity contribution >= 4 is 10.8 Å². The number of unbranched alkanes of at least 4 members (excludes halogenated alkanes) is 2. The minimum absolute atomic E-state index is 0.443. The van der Waals surface area contributed by atoms with Crippen molar-refractivity contribution in [3.05, 3.63) is 66.0 Å². The van der Waals surface area contributed by atoms with Crippen molar-refractivity contribution in [2.24, 2.45) is 0 Å². The summed E-state index contributed by atoms with van der Waals surface area (Å²) in [5.41, 5.74) is 2.77. The van der Waals surface area contributed by atoms with Crippen LogP contribution in [0.25, 0.3) is 21.9 Å². The molecular weight excluding hydrogens is 337 g/mol. The van der Waals surface area contributed by atoms with Gasteiger partial charge in [0, 0.05) is 0 Å². The summed E-state index contributed by atoms with van der Waals surface area (Å²) in [6.45, 7) is -0.848. The second-order valence-electron chi connectivity index (χ2n) is 6.38. The maximum Gasteiger partial charge on any atom is 0.387 e. The number of hydrogen-bond acceptors (Lipinski definition) is 1. The quantitative estimate of drug-likeness (QED) is 0.414. The van der Waals surface area contributed by atoms with Gasteiger partial charge in [0.2, 0.25) is 0 Å². The van der Waals surface area contributed by atoms with E-state index >= 15 is 0 Å². The fourth-order valence-corrected chi connectivity index (χ4v) is 3.08. The maximum absolute atomic E-state index is 14.0. The van der Waals surface area contributed by atoms with Crippen molar-refractivity contribution in [3.63, 3.8) is 0 Å². The van der Waals surface area contributed by atoms with E-state index in [0.717, 1.165) is 22.8 Å². The topological polar surface area (TPSA) is 9.23 Å². The fourth-order valence-electron chi connectivity index (χ4n) is 3.08. The van der Waals surface area contributed by atoms with Crippen LogP contribution >= 0.6 is 0 Å². The number of hydrogen-bond donors (Lipinski definition) is 0. The number of rotatable bonds is 7. The minimum atomic E-state index is -3.04. The van der Waals surface area contributed by atoms with Gasteiger partial charge in [0.15, 0.2) is 11.6 Å². The van der Waals surface area contributed by atoms with Gasteiger partial charge in [-0.3, -0.25) is 0 Å². The third-order valence-electron chi connectivity index (χ3n) is 4.45. The normalized spacial score (nSPS) is 11.3. The van der Waals surface area contributed by atoms with E-state index in [9.17, 15) is 13.2 Å². The molecule has 0 bridgehead atoms. The molecular formula is C22H21F3O. The summed E-state index contributed by atoms with van der Waals surface area (Å²) in [5.74, 6) is -1.24. The predicted octanol–water partition coefficient (Wildman–Crippen LogP) is 6.98. The number of aryl methyl sites for hydroxylation is 1.